The van der Waals surface area contributed by atoms with Gasteiger partial charge in [-0.2, -0.15) is 0 Å². The Hall–Kier alpha value is -0.770. The molecule has 4 nitrogen and oxygen atoms in total. The van der Waals surface area contributed by atoms with Crippen LogP contribution >= 0.6 is 0 Å². The van der Waals surface area contributed by atoms with Gasteiger partial charge in [-0.25, -0.2) is 4.79 Å². The molecule has 0 unspecified atom stereocenters. The fraction of sp³-hybridized carbons (Fsp3) is 0.955. The quantitative estimate of drug-likeness (QED) is 0.216. The molecule has 0 heterocycles. The Balaban J connectivity index is 0. The van der Waals surface area contributed by atoms with Gasteiger partial charge in [0.1, 0.15) is 0 Å². The van der Waals surface area contributed by atoms with Crippen LogP contribution < -0.4 is 5.73 Å². The lowest BCUT2D eigenvalue weighted by Gasteiger charge is -2.11. The van der Waals surface area contributed by atoms with Crippen molar-refractivity contribution in [3.8, 4) is 0 Å². The molecule has 0 aromatic carbocycles. The standard InChI is InChI=1S/C21H45N.CH2O3/c1-3-5-7-9-11-13-15-17-19-21(22)20-18-16-14-12-10-8-6-4-2;2-1(3)4/h21H,3-20,22H2,1-2H3;(H2,2,3,4). The van der Waals surface area contributed by atoms with E-state index in [9.17, 15) is 0 Å². The fourth-order valence-corrected chi connectivity index (χ4v) is 3.23. The summed E-state index contributed by atoms with van der Waals surface area (Å²) in [4.78, 5) is 8.56. The van der Waals surface area contributed by atoms with Crippen LogP contribution in [0.25, 0.3) is 0 Å². The maximum Gasteiger partial charge on any atom is 0.503 e. The second-order valence-electron chi connectivity index (χ2n) is 7.57. The molecule has 0 saturated carbocycles. The summed E-state index contributed by atoms with van der Waals surface area (Å²) in [5, 5.41) is 13.9. The van der Waals surface area contributed by atoms with Gasteiger partial charge >= 0.3 is 6.16 Å². The van der Waals surface area contributed by atoms with Gasteiger partial charge in [-0.1, -0.05) is 117 Å². The molecule has 158 valence electrons. The highest BCUT2D eigenvalue weighted by molar-refractivity contribution is 5.53. The van der Waals surface area contributed by atoms with Gasteiger partial charge in [-0.15, -0.1) is 0 Å². The SMILES string of the molecule is CCCCCCCCCCC(N)CCCCCCCCCC.O=C(O)O. The normalized spacial score (nSPS) is 10.6. The summed E-state index contributed by atoms with van der Waals surface area (Å²) in [5.41, 5.74) is 6.23. The number of carbonyl (C=O) groups is 1. The lowest BCUT2D eigenvalue weighted by molar-refractivity contribution is 0.137. The molecule has 4 heteroatoms. The lowest BCUT2D eigenvalue weighted by atomic mass is 10.0. The first kappa shape index (κ1) is 27.4. The minimum atomic E-state index is -1.83. The molecule has 0 amide bonds. The van der Waals surface area contributed by atoms with E-state index in [0.717, 1.165) is 0 Å². The highest BCUT2D eigenvalue weighted by Crippen LogP contribution is 2.14. The van der Waals surface area contributed by atoms with E-state index in [1.807, 2.05) is 0 Å². The van der Waals surface area contributed by atoms with E-state index in [2.05, 4.69) is 13.8 Å². The zero-order chi connectivity index (χ0) is 19.9. The summed E-state index contributed by atoms with van der Waals surface area (Å²) in [6.07, 6.45) is 23.2. The van der Waals surface area contributed by atoms with E-state index in [4.69, 9.17) is 20.7 Å². The molecule has 0 aliphatic carbocycles. The zero-order valence-corrected chi connectivity index (χ0v) is 17.7. The number of nitrogens with two attached hydrogens (primary N) is 1. The van der Waals surface area contributed by atoms with Crippen LogP contribution in [-0.2, 0) is 0 Å². The minimum absolute atomic E-state index is 0.472. The Bertz CT molecular complexity index is 248. The van der Waals surface area contributed by atoms with E-state index in [0.29, 0.717) is 6.04 Å². The van der Waals surface area contributed by atoms with Crippen molar-refractivity contribution in [2.45, 2.75) is 135 Å². The number of hydrogen-bond donors (Lipinski definition) is 3. The molecular formula is C22H47NO3. The number of carboxylic acid groups (broad SMARTS) is 2. The van der Waals surface area contributed by atoms with Crippen molar-refractivity contribution in [3.05, 3.63) is 0 Å². The van der Waals surface area contributed by atoms with E-state index >= 15 is 0 Å². The molecule has 0 bridgehead atoms. The van der Waals surface area contributed by atoms with Crippen molar-refractivity contribution in [1.82, 2.24) is 0 Å². The van der Waals surface area contributed by atoms with Crippen molar-refractivity contribution >= 4 is 6.16 Å². The van der Waals surface area contributed by atoms with Gasteiger partial charge in [-0.05, 0) is 12.8 Å². The van der Waals surface area contributed by atoms with E-state index in [1.165, 1.54) is 116 Å². The Labute approximate surface area is 162 Å². The summed E-state index contributed by atoms with van der Waals surface area (Å²) >= 11 is 0. The first-order chi connectivity index (χ1) is 12.5. The van der Waals surface area contributed by atoms with Crippen molar-refractivity contribution in [2.24, 2.45) is 5.73 Å². The molecular weight excluding hydrogens is 326 g/mol. The Kier molecular flexibility index (Phi) is 25.6. The van der Waals surface area contributed by atoms with E-state index in [1.54, 1.807) is 0 Å². The monoisotopic (exact) mass is 373 g/mol. The van der Waals surface area contributed by atoms with Gasteiger partial charge in [0.05, 0.1) is 0 Å². The van der Waals surface area contributed by atoms with Gasteiger partial charge in [-0.3, -0.25) is 0 Å². The average molecular weight is 374 g/mol. The van der Waals surface area contributed by atoms with Crippen LogP contribution in [0.5, 0.6) is 0 Å². The Morgan fingerprint density at radius 1 is 0.615 bits per heavy atom. The minimum Gasteiger partial charge on any atom is -0.450 e. The third-order valence-corrected chi connectivity index (χ3v) is 4.86. The van der Waals surface area contributed by atoms with Crippen LogP contribution in [0, 0.1) is 0 Å². The van der Waals surface area contributed by atoms with Crippen LogP contribution in [0.1, 0.15) is 129 Å². The first-order valence-corrected chi connectivity index (χ1v) is 11.2. The highest BCUT2D eigenvalue weighted by Gasteiger charge is 2.02. The Morgan fingerprint density at radius 2 is 0.846 bits per heavy atom. The van der Waals surface area contributed by atoms with Crippen molar-refractivity contribution in [1.29, 1.82) is 0 Å². The third-order valence-electron chi connectivity index (χ3n) is 4.86. The summed E-state index contributed by atoms with van der Waals surface area (Å²) in [6, 6.07) is 0.472. The van der Waals surface area contributed by atoms with Crippen molar-refractivity contribution in [3.63, 3.8) is 0 Å². The molecule has 4 N–H and O–H groups in total. The molecule has 26 heavy (non-hydrogen) atoms. The van der Waals surface area contributed by atoms with Gasteiger partial charge < -0.3 is 15.9 Å². The maximum absolute atomic E-state index is 8.56. The lowest BCUT2D eigenvalue weighted by Crippen LogP contribution is -2.19. The smallest absolute Gasteiger partial charge is 0.450 e. The molecule has 0 fully saturated rings. The molecule has 0 spiro atoms. The summed E-state index contributed by atoms with van der Waals surface area (Å²) < 4.78 is 0. The van der Waals surface area contributed by atoms with Crippen LogP contribution in [0.15, 0.2) is 0 Å². The largest absolute Gasteiger partial charge is 0.503 e. The Morgan fingerprint density at radius 3 is 1.12 bits per heavy atom. The van der Waals surface area contributed by atoms with Gasteiger partial charge in [0.2, 0.25) is 0 Å². The second kappa shape index (κ2) is 24.2. The van der Waals surface area contributed by atoms with Crippen molar-refractivity contribution in [2.75, 3.05) is 0 Å². The average Bonchev–Trinajstić information content (AvgIpc) is 2.59. The molecule has 0 rings (SSSR count). The molecule has 0 saturated heterocycles. The second-order valence-corrected chi connectivity index (χ2v) is 7.57. The van der Waals surface area contributed by atoms with Gasteiger partial charge in [0, 0.05) is 6.04 Å². The summed E-state index contributed by atoms with van der Waals surface area (Å²) in [5.74, 6) is 0. The zero-order valence-electron chi connectivity index (χ0n) is 17.7. The molecule has 0 radical (unpaired) electrons. The van der Waals surface area contributed by atoms with E-state index < -0.39 is 6.16 Å². The third kappa shape index (κ3) is 31.0. The topological polar surface area (TPSA) is 83.6 Å². The molecule has 0 aliphatic heterocycles. The van der Waals surface area contributed by atoms with Crippen LogP contribution in [0.4, 0.5) is 4.79 Å². The highest BCUT2D eigenvalue weighted by atomic mass is 16.6. The first-order valence-electron chi connectivity index (χ1n) is 11.2. The van der Waals surface area contributed by atoms with Gasteiger partial charge in [0.15, 0.2) is 0 Å². The number of hydrogen-bond acceptors (Lipinski definition) is 2. The fourth-order valence-electron chi connectivity index (χ4n) is 3.23. The maximum atomic E-state index is 8.56. The molecule has 0 aromatic rings. The van der Waals surface area contributed by atoms with Gasteiger partial charge in [0.25, 0.3) is 0 Å². The molecule has 0 atom stereocenters. The van der Waals surface area contributed by atoms with Crippen LogP contribution in [0.2, 0.25) is 0 Å². The van der Waals surface area contributed by atoms with E-state index in [-0.39, 0.29) is 0 Å². The number of unbranched alkanes of at least 4 members (excludes halogenated alkanes) is 14. The predicted molar refractivity (Wildman–Crippen MR) is 113 cm³/mol. The van der Waals surface area contributed by atoms with Crippen LogP contribution in [-0.4, -0.2) is 22.4 Å². The molecule has 0 aromatic heterocycles. The molecule has 0 aliphatic rings. The summed E-state index contributed by atoms with van der Waals surface area (Å²) in [6.45, 7) is 4.57. The van der Waals surface area contributed by atoms with Crippen LogP contribution in [0.3, 0.4) is 0 Å². The predicted octanol–water partition coefficient (Wildman–Crippen LogP) is 7.60. The summed E-state index contributed by atoms with van der Waals surface area (Å²) in [7, 11) is 0. The number of rotatable bonds is 18. The van der Waals surface area contributed by atoms with Crippen molar-refractivity contribution < 1.29 is 15.0 Å².